The monoisotopic (exact) mass is 319 g/mol. The Morgan fingerprint density at radius 3 is 2.38 bits per heavy atom. The SMILES string of the molecule is O=C(c1ccc2nccnc2c1)N1CCN(c2ccccn2)CC1. The fourth-order valence-electron chi connectivity index (χ4n) is 2.96. The van der Waals surface area contributed by atoms with Crippen LogP contribution < -0.4 is 4.90 Å². The molecular formula is C18H17N5O. The van der Waals surface area contributed by atoms with Crippen molar-refractivity contribution in [3.63, 3.8) is 0 Å². The molecule has 0 N–H and O–H groups in total. The maximum atomic E-state index is 12.7. The van der Waals surface area contributed by atoms with Gasteiger partial charge in [-0.15, -0.1) is 0 Å². The molecular weight excluding hydrogens is 302 g/mol. The van der Waals surface area contributed by atoms with E-state index in [1.807, 2.05) is 41.3 Å². The highest BCUT2D eigenvalue weighted by Crippen LogP contribution is 2.16. The molecule has 24 heavy (non-hydrogen) atoms. The van der Waals surface area contributed by atoms with E-state index < -0.39 is 0 Å². The third-order valence-electron chi connectivity index (χ3n) is 4.26. The molecule has 6 nitrogen and oxygen atoms in total. The Morgan fingerprint density at radius 1 is 0.833 bits per heavy atom. The molecule has 0 atom stereocenters. The summed E-state index contributed by atoms with van der Waals surface area (Å²) in [5, 5.41) is 0. The molecule has 0 spiro atoms. The lowest BCUT2D eigenvalue weighted by molar-refractivity contribution is 0.0746. The average molecular weight is 319 g/mol. The molecule has 3 aromatic rings. The highest BCUT2D eigenvalue weighted by Gasteiger charge is 2.23. The second-order valence-electron chi connectivity index (χ2n) is 5.73. The van der Waals surface area contributed by atoms with Gasteiger partial charge in [0.05, 0.1) is 11.0 Å². The predicted molar refractivity (Wildman–Crippen MR) is 91.9 cm³/mol. The summed E-state index contributed by atoms with van der Waals surface area (Å²) in [6.45, 7) is 2.95. The van der Waals surface area contributed by atoms with Gasteiger partial charge in [0.25, 0.3) is 5.91 Å². The molecule has 1 saturated heterocycles. The van der Waals surface area contributed by atoms with Crippen molar-refractivity contribution < 1.29 is 4.79 Å². The largest absolute Gasteiger partial charge is 0.353 e. The number of pyridine rings is 1. The van der Waals surface area contributed by atoms with Crippen LogP contribution in [0, 0.1) is 0 Å². The summed E-state index contributed by atoms with van der Waals surface area (Å²) in [7, 11) is 0. The van der Waals surface area contributed by atoms with E-state index in [1.165, 1.54) is 0 Å². The van der Waals surface area contributed by atoms with Crippen molar-refractivity contribution in [2.24, 2.45) is 0 Å². The van der Waals surface area contributed by atoms with Crippen molar-refractivity contribution in [3.05, 3.63) is 60.6 Å². The van der Waals surface area contributed by atoms with Crippen LogP contribution in [0.5, 0.6) is 0 Å². The van der Waals surface area contributed by atoms with E-state index in [4.69, 9.17) is 0 Å². The van der Waals surface area contributed by atoms with E-state index in [-0.39, 0.29) is 5.91 Å². The Morgan fingerprint density at radius 2 is 1.62 bits per heavy atom. The lowest BCUT2D eigenvalue weighted by atomic mass is 10.1. The topological polar surface area (TPSA) is 62.2 Å². The molecule has 0 aliphatic carbocycles. The molecule has 1 aromatic carbocycles. The van der Waals surface area contributed by atoms with Gasteiger partial charge in [-0.1, -0.05) is 6.07 Å². The highest BCUT2D eigenvalue weighted by molar-refractivity contribution is 5.97. The molecule has 3 heterocycles. The molecule has 4 rings (SSSR count). The number of anilines is 1. The van der Waals surface area contributed by atoms with E-state index in [2.05, 4.69) is 19.9 Å². The zero-order chi connectivity index (χ0) is 16.4. The van der Waals surface area contributed by atoms with Crippen LogP contribution in [0.25, 0.3) is 11.0 Å². The van der Waals surface area contributed by atoms with Gasteiger partial charge < -0.3 is 9.80 Å². The van der Waals surface area contributed by atoms with Gasteiger partial charge in [-0.25, -0.2) is 4.98 Å². The summed E-state index contributed by atoms with van der Waals surface area (Å²) >= 11 is 0. The maximum absolute atomic E-state index is 12.7. The number of hydrogen-bond acceptors (Lipinski definition) is 5. The Hall–Kier alpha value is -3.02. The Bertz CT molecular complexity index is 859. The average Bonchev–Trinajstić information content (AvgIpc) is 2.68. The van der Waals surface area contributed by atoms with Crippen LogP contribution in [-0.4, -0.2) is 51.9 Å². The number of piperazine rings is 1. The second-order valence-corrected chi connectivity index (χ2v) is 5.73. The number of rotatable bonds is 2. The van der Waals surface area contributed by atoms with Crippen LogP contribution in [0.15, 0.2) is 55.0 Å². The van der Waals surface area contributed by atoms with E-state index in [0.717, 1.165) is 29.9 Å². The van der Waals surface area contributed by atoms with Crippen molar-refractivity contribution in [3.8, 4) is 0 Å². The first-order valence-corrected chi connectivity index (χ1v) is 7.97. The van der Waals surface area contributed by atoms with E-state index in [0.29, 0.717) is 18.7 Å². The Balaban J connectivity index is 1.47. The van der Waals surface area contributed by atoms with Crippen molar-refractivity contribution in [2.45, 2.75) is 0 Å². The number of carbonyl (C=O) groups excluding carboxylic acids is 1. The van der Waals surface area contributed by atoms with Crippen LogP contribution in [0.2, 0.25) is 0 Å². The van der Waals surface area contributed by atoms with Gasteiger partial charge in [-0.3, -0.25) is 14.8 Å². The van der Waals surface area contributed by atoms with Gasteiger partial charge in [0.15, 0.2) is 0 Å². The van der Waals surface area contributed by atoms with Gasteiger partial charge in [0, 0.05) is 50.3 Å². The van der Waals surface area contributed by atoms with Crippen LogP contribution in [-0.2, 0) is 0 Å². The third-order valence-corrected chi connectivity index (χ3v) is 4.26. The number of carbonyl (C=O) groups is 1. The van der Waals surface area contributed by atoms with E-state index in [1.54, 1.807) is 18.6 Å². The molecule has 0 radical (unpaired) electrons. The van der Waals surface area contributed by atoms with Crippen molar-refractivity contribution in [1.82, 2.24) is 19.9 Å². The van der Waals surface area contributed by atoms with Gasteiger partial charge in [0.2, 0.25) is 0 Å². The number of aromatic nitrogens is 3. The minimum atomic E-state index is 0.0447. The third kappa shape index (κ3) is 2.78. The minimum Gasteiger partial charge on any atom is -0.353 e. The van der Waals surface area contributed by atoms with Gasteiger partial charge in [-0.2, -0.15) is 0 Å². The molecule has 0 unspecified atom stereocenters. The number of amides is 1. The van der Waals surface area contributed by atoms with Crippen LogP contribution in [0.1, 0.15) is 10.4 Å². The first-order valence-electron chi connectivity index (χ1n) is 7.97. The molecule has 0 bridgehead atoms. The molecule has 6 heteroatoms. The number of fused-ring (bicyclic) bond motifs is 1. The van der Waals surface area contributed by atoms with E-state index in [9.17, 15) is 4.79 Å². The summed E-state index contributed by atoms with van der Waals surface area (Å²) in [5.74, 6) is 1.01. The van der Waals surface area contributed by atoms with Crippen LogP contribution in [0.3, 0.4) is 0 Å². The van der Waals surface area contributed by atoms with Gasteiger partial charge >= 0.3 is 0 Å². The summed E-state index contributed by atoms with van der Waals surface area (Å²) in [5.41, 5.74) is 2.21. The molecule has 2 aromatic heterocycles. The highest BCUT2D eigenvalue weighted by atomic mass is 16.2. The van der Waals surface area contributed by atoms with Gasteiger partial charge in [0.1, 0.15) is 5.82 Å². The summed E-state index contributed by atoms with van der Waals surface area (Å²) in [4.78, 5) is 29.7. The molecule has 1 amide bonds. The summed E-state index contributed by atoms with van der Waals surface area (Å²) in [6, 6.07) is 11.4. The zero-order valence-electron chi connectivity index (χ0n) is 13.2. The number of hydrogen-bond donors (Lipinski definition) is 0. The van der Waals surface area contributed by atoms with Crippen molar-refractivity contribution in [2.75, 3.05) is 31.1 Å². The summed E-state index contributed by atoms with van der Waals surface area (Å²) in [6.07, 6.45) is 5.09. The van der Waals surface area contributed by atoms with Crippen LogP contribution in [0.4, 0.5) is 5.82 Å². The molecule has 1 fully saturated rings. The standard InChI is InChI=1S/C18H17N5O/c24-18(14-4-5-15-16(13-14)20-8-7-19-15)23-11-9-22(10-12-23)17-3-1-2-6-21-17/h1-8,13H,9-12H2. The smallest absolute Gasteiger partial charge is 0.254 e. The lowest BCUT2D eigenvalue weighted by Crippen LogP contribution is -2.49. The maximum Gasteiger partial charge on any atom is 0.254 e. The van der Waals surface area contributed by atoms with Crippen LogP contribution >= 0.6 is 0 Å². The van der Waals surface area contributed by atoms with Crippen molar-refractivity contribution in [1.29, 1.82) is 0 Å². The van der Waals surface area contributed by atoms with Gasteiger partial charge in [-0.05, 0) is 30.3 Å². The molecule has 120 valence electrons. The van der Waals surface area contributed by atoms with E-state index >= 15 is 0 Å². The fourth-order valence-corrected chi connectivity index (χ4v) is 2.96. The first-order chi connectivity index (χ1) is 11.8. The van der Waals surface area contributed by atoms with Crippen molar-refractivity contribution >= 4 is 22.8 Å². The fraction of sp³-hybridized carbons (Fsp3) is 0.222. The normalized spacial score (nSPS) is 14.8. The summed E-state index contributed by atoms with van der Waals surface area (Å²) < 4.78 is 0. The number of benzene rings is 1. The second kappa shape index (κ2) is 6.23. The lowest BCUT2D eigenvalue weighted by Gasteiger charge is -2.35. The number of nitrogens with zero attached hydrogens (tertiary/aromatic N) is 5. The first kappa shape index (κ1) is 14.6. The predicted octanol–water partition coefficient (Wildman–Crippen LogP) is 1.99. The Kier molecular flexibility index (Phi) is 3.78. The molecule has 1 aliphatic heterocycles. The molecule has 0 saturated carbocycles. The zero-order valence-corrected chi connectivity index (χ0v) is 13.2. The minimum absolute atomic E-state index is 0.0447. The Labute approximate surface area is 139 Å². The molecule has 1 aliphatic rings. The quantitative estimate of drug-likeness (QED) is 0.723.